The van der Waals surface area contributed by atoms with Crippen molar-refractivity contribution in [1.29, 1.82) is 0 Å². The van der Waals surface area contributed by atoms with Crippen LogP contribution in [0.3, 0.4) is 0 Å². The third-order valence-corrected chi connectivity index (χ3v) is 3.30. The predicted molar refractivity (Wildman–Crippen MR) is 83.4 cm³/mol. The highest BCUT2D eigenvalue weighted by molar-refractivity contribution is 5.28. The molecule has 2 aromatic heterocycles. The lowest BCUT2D eigenvalue weighted by Crippen LogP contribution is -2.04. The summed E-state index contributed by atoms with van der Waals surface area (Å²) in [6, 6.07) is 11.4. The van der Waals surface area contributed by atoms with E-state index >= 15 is 0 Å². The van der Waals surface area contributed by atoms with Crippen molar-refractivity contribution in [3.05, 3.63) is 66.1 Å². The summed E-state index contributed by atoms with van der Waals surface area (Å²) in [5.74, 6) is 2.54. The molecule has 0 spiro atoms. The Morgan fingerprint density at radius 3 is 2.65 bits per heavy atom. The lowest BCUT2D eigenvalue weighted by Gasteiger charge is -2.09. The van der Waals surface area contributed by atoms with Gasteiger partial charge in [-0.05, 0) is 36.8 Å². The van der Waals surface area contributed by atoms with Crippen molar-refractivity contribution < 1.29 is 14.0 Å². The first kappa shape index (κ1) is 15.0. The first-order valence-corrected chi connectivity index (χ1v) is 7.26. The average molecular weight is 311 g/mol. The van der Waals surface area contributed by atoms with Gasteiger partial charge in [-0.1, -0.05) is 17.3 Å². The molecule has 118 valence electrons. The number of benzene rings is 1. The standard InChI is InChI=1S/C17H17N3O3/c1-12(22-15-4-3-9-18-11-15)17-19-16(20-23-17)10-13-5-7-14(21-2)8-6-13/h3-9,11-12H,10H2,1-2H3/t12-/m1/s1. The topological polar surface area (TPSA) is 70.3 Å². The van der Waals surface area contributed by atoms with E-state index in [-0.39, 0.29) is 6.10 Å². The van der Waals surface area contributed by atoms with Gasteiger partial charge in [0.15, 0.2) is 11.9 Å². The van der Waals surface area contributed by atoms with Gasteiger partial charge >= 0.3 is 0 Å². The molecule has 0 unspecified atom stereocenters. The highest BCUT2D eigenvalue weighted by Gasteiger charge is 2.16. The van der Waals surface area contributed by atoms with Gasteiger partial charge in [0.1, 0.15) is 11.5 Å². The largest absolute Gasteiger partial charge is 0.497 e. The van der Waals surface area contributed by atoms with Crippen LogP contribution in [0.2, 0.25) is 0 Å². The van der Waals surface area contributed by atoms with Crippen LogP contribution in [-0.2, 0) is 6.42 Å². The van der Waals surface area contributed by atoms with Crippen LogP contribution in [0, 0.1) is 0 Å². The first-order chi connectivity index (χ1) is 11.2. The van der Waals surface area contributed by atoms with Crippen molar-refractivity contribution >= 4 is 0 Å². The maximum absolute atomic E-state index is 5.72. The molecule has 0 fully saturated rings. The van der Waals surface area contributed by atoms with Crippen LogP contribution in [0.4, 0.5) is 0 Å². The second-order valence-corrected chi connectivity index (χ2v) is 5.02. The molecule has 0 aliphatic carbocycles. The van der Waals surface area contributed by atoms with Gasteiger partial charge in [0.05, 0.1) is 13.3 Å². The fraction of sp³-hybridized carbons (Fsp3) is 0.235. The molecule has 23 heavy (non-hydrogen) atoms. The van der Waals surface area contributed by atoms with Crippen molar-refractivity contribution in [2.24, 2.45) is 0 Å². The number of ether oxygens (including phenoxy) is 2. The quantitative estimate of drug-likeness (QED) is 0.696. The SMILES string of the molecule is COc1ccc(Cc2noc([C@@H](C)Oc3cccnc3)n2)cc1. The minimum Gasteiger partial charge on any atom is -0.497 e. The Kier molecular flexibility index (Phi) is 4.52. The van der Waals surface area contributed by atoms with Gasteiger partial charge in [-0.15, -0.1) is 0 Å². The molecular weight excluding hydrogens is 294 g/mol. The molecule has 0 aliphatic heterocycles. The molecule has 0 saturated carbocycles. The Balaban J connectivity index is 1.65. The lowest BCUT2D eigenvalue weighted by molar-refractivity contribution is 0.175. The Labute approximate surface area is 134 Å². The number of aromatic nitrogens is 3. The van der Waals surface area contributed by atoms with E-state index in [2.05, 4.69) is 15.1 Å². The Bertz CT molecular complexity index is 741. The number of nitrogens with zero attached hydrogens (tertiary/aromatic N) is 3. The molecule has 2 heterocycles. The van der Waals surface area contributed by atoms with E-state index in [0.29, 0.717) is 23.9 Å². The van der Waals surface area contributed by atoms with Crippen LogP contribution < -0.4 is 9.47 Å². The summed E-state index contributed by atoms with van der Waals surface area (Å²) in [6.45, 7) is 1.86. The van der Waals surface area contributed by atoms with Crippen molar-refractivity contribution in [3.63, 3.8) is 0 Å². The summed E-state index contributed by atoms with van der Waals surface area (Å²) in [5, 5.41) is 4.00. The molecule has 0 saturated heterocycles. The molecule has 3 rings (SSSR count). The van der Waals surface area contributed by atoms with E-state index in [1.807, 2.05) is 43.3 Å². The van der Waals surface area contributed by atoms with Gasteiger partial charge in [-0.2, -0.15) is 4.98 Å². The van der Waals surface area contributed by atoms with Crippen LogP contribution in [0.5, 0.6) is 11.5 Å². The molecule has 0 amide bonds. The molecule has 6 nitrogen and oxygen atoms in total. The van der Waals surface area contributed by atoms with Gasteiger partial charge in [-0.25, -0.2) is 0 Å². The molecule has 0 radical (unpaired) electrons. The zero-order valence-corrected chi connectivity index (χ0v) is 13.0. The van der Waals surface area contributed by atoms with E-state index in [0.717, 1.165) is 11.3 Å². The molecule has 0 bridgehead atoms. The van der Waals surface area contributed by atoms with E-state index in [4.69, 9.17) is 14.0 Å². The Hall–Kier alpha value is -2.89. The van der Waals surface area contributed by atoms with Gasteiger partial charge in [0.2, 0.25) is 0 Å². The van der Waals surface area contributed by atoms with Crippen molar-refractivity contribution in [2.45, 2.75) is 19.4 Å². The second-order valence-electron chi connectivity index (χ2n) is 5.02. The summed E-state index contributed by atoms with van der Waals surface area (Å²) in [4.78, 5) is 8.39. The van der Waals surface area contributed by atoms with E-state index in [1.165, 1.54) is 0 Å². The minimum absolute atomic E-state index is 0.337. The molecule has 0 aliphatic rings. The lowest BCUT2D eigenvalue weighted by atomic mass is 10.1. The average Bonchev–Trinajstić information content (AvgIpc) is 3.05. The Morgan fingerprint density at radius 2 is 1.96 bits per heavy atom. The third-order valence-electron chi connectivity index (χ3n) is 3.30. The highest BCUT2D eigenvalue weighted by atomic mass is 16.5. The summed E-state index contributed by atoms with van der Waals surface area (Å²) in [5.41, 5.74) is 1.08. The second kappa shape index (κ2) is 6.91. The zero-order valence-electron chi connectivity index (χ0n) is 13.0. The molecule has 1 aromatic carbocycles. The molecule has 1 atom stereocenters. The van der Waals surface area contributed by atoms with E-state index in [1.54, 1.807) is 19.5 Å². The van der Waals surface area contributed by atoms with Gasteiger partial charge in [0.25, 0.3) is 5.89 Å². The molecule has 6 heteroatoms. The number of methoxy groups -OCH3 is 1. The fourth-order valence-electron chi connectivity index (χ4n) is 2.10. The number of hydrogen-bond donors (Lipinski definition) is 0. The summed E-state index contributed by atoms with van der Waals surface area (Å²) >= 11 is 0. The minimum atomic E-state index is -0.337. The maximum Gasteiger partial charge on any atom is 0.267 e. The molecular formula is C17H17N3O3. The van der Waals surface area contributed by atoms with Gasteiger partial charge in [0, 0.05) is 12.6 Å². The summed E-state index contributed by atoms with van der Waals surface area (Å²) < 4.78 is 16.1. The van der Waals surface area contributed by atoms with Gasteiger partial charge < -0.3 is 14.0 Å². The van der Waals surface area contributed by atoms with E-state index in [9.17, 15) is 0 Å². The maximum atomic E-state index is 5.72. The van der Waals surface area contributed by atoms with Gasteiger partial charge in [-0.3, -0.25) is 4.98 Å². The smallest absolute Gasteiger partial charge is 0.267 e. The van der Waals surface area contributed by atoms with Crippen molar-refractivity contribution in [1.82, 2.24) is 15.1 Å². The monoisotopic (exact) mass is 311 g/mol. The van der Waals surface area contributed by atoms with Crippen molar-refractivity contribution in [3.8, 4) is 11.5 Å². The molecule has 0 N–H and O–H groups in total. The predicted octanol–water partition coefficient (Wildman–Crippen LogP) is 3.20. The van der Waals surface area contributed by atoms with Crippen LogP contribution in [-0.4, -0.2) is 22.2 Å². The normalized spacial score (nSPS) is 11.9. The van der Waals surface area contributed by atoms with E-state index < -0.39 is 0 Å². The van der Waals surface area contributed by atoms with Crippen LogP contribution >= 0.6 is 0 Å². The summed E-state index contributed by atoms with van der Waals surface area (Å²) in [6.07, 6.45) is 3.59. The Morgan fingerprint density at radius 1 is 1.13 bits per heavy atom. The highest BCUT2D eigenvalue weighted by Crippen LogP contribution is 2.20. The number of rotatable bonds is 6. The first-order valence-electron chi connectivity index (χ1n) is 7.26. The van der Waals surface area contributed by atoms with Crippen LogP contribution in [0.25, 0.3) is 0 Å². The zero-order chi connectivity index (χ0) is 16.1. The third kappa shape index (κ3) is 3.85. The summed E-state index contributed by atoms with van der Waals surface area (Å²) in [7, 11) is 1.64. The molecule has 3 aromatic rings. The number of hydrogen-bond acceptors (Lipinski definition) is 6. The number of pyridine rings is 1. The van der Waals surface area contributed by atoms with Crippen LogP contribution in [0.15, 0.2) is 53.3 Å². The van der Waals surface area contributed by atoms with Crippen LogP contribution in [0.1, 0.15) is 30.3 Å². The van der Waals surface area contributed by atoms with Crippen molar-refractivity contribution in [2.75, 3.05) is 7.11 Å². The fourth-order valence-corrected chi connectivity index (χ4v) is 2.10.